The molecule has 0 spiro atoms. The van der Waals surface area contributed by atoms with Gasteiger partial charge in [0.1, 0.15) is 11.3 Å². The van der Waals surface area contributed by atoms with Crippen molar-refractivity contribution in [3.8, 4) is 0 Å². The SMILES string of the molecule is C/C=C\c1oc2cc(C)ccc2c1C. The molecular formula is C13H14O. The molecule has 2 rings (SSSR count). The Hall–Kier alpha value is -1.50. The van der Waals surface area contributed by atoms with E-state index in [2.05, 4.69) is 32.0 Å². The molecule has 0 aliphatic rings. The van der Waals surface area contributed by atoms with Crippen LogP contribution >= 0.6 is 0 Å². The molecule has 14 heavy (non-hydrogen) atoms. The molecule has 0 fully saturated rings. The molecule has 0 saturated carbocycles. The molecule has 0 unspecified atom stereocenters. The van der Waals surface area contributed by atoms with Crippen molar-refractivity contribution >= 4 is 17.0 Å². The van der Waals surface area contributed by atoms with Crippen molar-refractivity contribution in [3.63, 3.8) is 0 Å². The van der Waals surface area contributed by atoms with Crippen molar-refractivity contribution < 1.29 is 4.42 Å². The standard InChI is InChI=1S/C13H14O/c1-4-5-12-10(3)11-7-6-9(2)8-13(11)14-12/h4-8H,1-3H3/b5-4-. The Bertz CT molecular complexity index is 489. The Kier molecular flexibility index (Phi) is 2.16. The van der Waals surface area contributed by atoms with E-state index in [1.54, 1.807) is 0 Å². The molecule has 1 aromatic heterocycles. The van der Waals surface area contributed by atoms with Crippen molar-refractivity contribution in [1.29, 1.82) is 0 Å². The van der Waals surface area contributed by atoms with Gasteiger partial charge in [-0.2, -0.15) is 0 Å². The Morgan fingerprint density at radius 3 is 2.71 bits per heavy atom. The monoisotopic (exact) mass is 186 g/mol. The van der Waals surface area contributed by atoms with Crippen LogP contribution in [-0.2, 0) is 0 Å². The summed E-state index contributed by atoms with van der Waals surface area (Å²) in [7, 11) is 0. The number of hydrogen-bond acceptors (Lipinski definition) is 1. The molecular weight excluding hydrogens is 172 g/mol. The highest BCUT2D eigenvalue weighted by atomic mass is 16.3. The van der Waals surface area contributed by atoms with E-state index in [0.717, 1.165) is 11.3 Å². The van der Waals surface area contributed by atoms with E-state index in [9.17, 15) is 0 Å². The predicted molar refractivity (Wildman–Crippen MR) is 60.4 cm³/mol. The molecule has 0 radical (unpaired) electrons. The molecule has 2 aromatic rings. The van der Waals surface area contributed by atoms with E-state index in [0.29, 0.717) is 0 Å². The number of allylic oxidation sites excluding steroid dienone is 1. The molecule has 1 heteroatoms. The summed E-state index contributed by atoms with van der Waals surface area (Å²) in [6, 6.07) is 6.32. The highest BCUT2D eigenvalue weighted by Gasteiger charge is 2.06. The summed E-state index contributed by atoms with van der Waals surface area (Å²) in [5.74, 6) is 0.966. The zero-order valence-electron chi connectivity index (χ0n) is 8.79. The summed E-state index contributed by atoms with van der Waals surface area (Å²) >= 11 is 0. The number of fused-ring (bicyclic) bond motifs is 1. The van der Waals surface area contributed by atoms with Gasteiger partial charge in [0.15, 0.2) is 0 Å². The van der Waals surface area contributed by atoms with Crippen LogP contribution in [-0.4, -0.2) is 0 Å². The molecule has 72 valence electrons. The largest absolute Gasteiger partial charge is 0.456 e. The first-order valence-corrected chi connectivity index (χ1v) is 4.85. The van der Waals surface area contributed by atoms with Crippen LogP contribution in [0.2, 0.25) is 0 Å². The maximum absolute atomic E-state index is 5.73. The van der Waals surface area contributed by atoms with Gasteiger partial charge in [0.05, 0.1) is 0 Å². The lowest BCUT2D eigenvalue weighted by molar-refractivity contribution is 0.601. The van der Waals surface area contributed by atoms with Gasteiger partial charge in [-0.05, 0) is 38.5 Å². The minimum absolute atomic E-state index is 0.966. The van der Waals surface area contributed by atoms with Gasteiger partial charge >= 0.3 is 0 Å². The molecule has 0 amide bonds. The van der Waals surface area contributed by atoms with Crippen LogP contribution in [0, 0.1) is 13.8 Å². The van der Waals surface area contributed by atoms with Gasteiger partial charge in [0.2, 0.25) is 0 Å². The van der Waals surface area contributed by atoms with E-state index in [1.165, 1.54) is 16.5 Å². The van der Waals surface area contributed by atoms with Crippen LogP contribution in [0.3, 0.4) is 0 Å². The molecule has 0 aliphatic carbocycles. The highest BCUT2D eigenvalue weighted by Crippen LogP contribution is 2.26. The van der Waals surface area contributed by atoms with Crippen molar-refractivity contribution in [1.82, 2.24) is 0 Å². The van der Waals surface area contributed by atoms with Gasteiger partial charge in [0.25, 0.3) is 0 Å². The van der Waals surface area contributed by atoms with Gasteiger partial charge < -0.3 is 4.42 Å². The van der Waals surface area contributed by atoms with Crippen molar-refractivity contribution in [2.75, 3.05) is 0 Å². The third-order valence-electron chi connectivity index (χ3n) is 2.45. The number of rotatable bonds is 1. The maximum Gasteiger partial charge on any atom is 0.135 e. The molecule has 0 saturated heterocycles. The van der Waals surface area contributed by atoms with Gasteiger partial charge in [-0.25, -0.2) is 0 Å². The lowest BCUT2D eigenvalue weighted by Crippen LogP contribution is -1.72. The highest BCUT2D eigenvalue weighted by molar-refractivity contribution is 5.84. The normalized spacial score (nSPS) is 11.6. The second-order valence-corrected chi connectivity index (χ2v) is 3.59. The molecule has 0 atom stereocenters. The van der Waals surface area contributed by atoms with Crippen LogP contribution in [0.25, 0.3) is 17.0 Å². The number of benzene rings is 1. The fraction of sp³-hybridized carbons (Fsp3) is 0.231. The van der Waals surface area contributed by atoms with E-state index >= 15 is 0 Å². The average Bonchev–Trinajstić information content (AvgIpc) is 2.44. The summed E-state index contributed by atoms with van der Waals surface area (Å²) in [6.45, 7) is 6.17. The number of aryl methyl sites for hydroxylation is 2. The van der Waals surface area contributed by atoms with Gasteiger partial charge in [-0.3, -0.25) is 0 Å². The first kappa shape index (κ1) is 9.07. The predicted octanol–water partition coefficient (Wildman–Crippen LogP) is 4.08. The van der Waals surface area contributed by atoms with Gasteiger partial charge in [0, 0.05) is 10.9 Å². The van der Waals surface area contributed by atoms with E-state index < -0.39 is 0 Å². The van der Waals surface area contributed by atoms with Gasteiger partial charge in [-0.1, -0.05) is 18.2 Å². The number of hydrogen-bond donors (Lipinski definition) is 0. The molecule has 0 bridgehead atoms. The minimum Gasteiger partial charge on any atom is -0.456 e. The third kappa shape index (κ3) is 1.35. The van der Waals surface area contributed by atoms with Crippen LogP contribution < -0.4 is 0 Å². The zero-order chi connectivity index (χ0) is 10.1. The lowest BCUT2D eigenvalue weighted by atomic mass is 10.1. The summed E-state index contributed by atoms with van der Waals surface area (Å²) in [6.07, 6.45) is 4.00. The van der Waals surface area contributed by atoms with E-state index in [-0.39, 0.29) is 0 Å². The molecule has 1 heterocycles. The minimum atomic E-state index is 0.966. The lowest BCUT2D eigenvalue weighted by Gasteiger charge is -1.90. The Morgan fingerprint density at radius 2 is 2.00 bits per heavy atom. The molecule has 1 nitrogen and oxygen atoms in total. The van der Waals surface area contributed by atoms with Crippen molar-refractivity contribution in [2.24, 2.45) is 0 Å². The summed E-state index contributed by atoms with van der Waals surface area (Å²) in [5.41, 5.74) is 3.44. The Labute approximate surface area is 84.0 Å². The summed E-state index contributed by atoms with van der Waals surface area (Å²) in [5, 5.41) is 1.21. The van der Waals surface area contributed by atoms with Crippen LogP contribution in [0.4, 0.5) is 0 Å². The fourth-order valence-electron chi connectivity index (χ4n) is 1.66. The van der Waals surface area contributed by atoms with E-state index in [4.69, 9.17) is 4.42 Å². The summed E-state index contributed by atoms with van der Waals surface area (Å²) < 4.78 is 5.73. The Balaban J connectivity index is 2.73. The smallest absolute Gasteiger partial charge is 0.135 e. The van der Waals surface area contributed by atoms with Crippen LogP contribution in [0.15, 0.2) is 28.7 Å². The quantitative estimate of drug-likeness (QED) is 0.654. The molecule has 0 N–H and O–H groups in total. The number of furan rings is 1. The molecule has 0 aliphatic heterocycles. The van der Waals surface area contributed by atoms with Crippen molar-refractivity contribution in [3.05, 3.63) is 41.2 Å². The van der Waals surface area contributed by atoms with Gasteiger partial charge in [-0.15, -0.1) is 0 Å². The average molecular weight is 186 g/mol. The Morgan fingerprint density at radius 1 is 1.21 bits per heavy atom. The zero-order valence-corrected chi connectivity index (χ0v) is 8.79. The second kappa shape index (κ2) is 3.33. The summed E-state index contributed by atoms with van der Waals surface area (Å²) in [4.78, 5) is 0. The van der Waals surface area contributed by atoms with E-state index in [1.807, 2.05) is 19.1 Å². The van der Waals surface area contributed by atoms with Crippen LogP contribution in [0.5, 0.6) is 0 Å². The fourth-order valence-corrected chi connectivity index (χ4v) is 1.66. The first-order valence-electron chi connectivity index (χ1n) is 4.85. The topological polar surface area (TPSA) is 13.1 Å². The van der Waals surface area contributed by atoms with Crippen molar-refractivity contribution in [2.45, 2.75) is 20.8 Å². The van der Waals surface area contributed by atoms with Crippen LogP contribution in [0.1, 0.15) is 23.8 Å². The molecule has 1 aromatic carbocycles. The maximum atomic E-state index is 5.73. The second-order valence-electron chi connectivity index (χ2n) is 3.59. The third-order valence-corrected chi connectivity index (χ3v) is 2.45. The first-order chi connectivity index (χ1) is 6.72.